The highest BCUT2D eigenvalue weighted by atomic mass is 16.3. The van der Waals surface area contributed by atoms with Gasteiger partial charge >= 0.3 is 0 Å². The Bertz CT molecular complexity index is 367. The van der Waals surface area contributed by atoms with E-state index in [1.807, 2.05) is 0 Å². The van der Waals surface area contributed by atoms with Gasteiger partial charge < -0.3 is 21.1 Å². The molecule has 0 aromatic rings. The lowest BCUT2D eigenvalue weighted by Gasteiger charge is -2.22. The lowest BCUT2D eigenvalue weighted by Crippen LogP contribution is -2.45. The van der Waals surface area contributed by atoms with Crippen molar-refractivity contribution in [3.05, 3.63) is 0 Å². The summed E-state index contributed by atoms with van der Waals surface area (Å²) in [4.78, 5) is 0. The van der Waals surface area contributed by atoms with Crippen LogP contribution < -0.4 is 5.73 Å². The second-order valence-corrected chi connectivity index (χ2v) is 10.5. The molecule has 3 unspecified atom stereocenters. The van der Waals surface area contributed by atoms with E-state index in [1.165, 1.54) is 135 Å². The molecule has 0 aromatic carbocycles. The van der Waals surface area contributed by atoms with Gasteiger partial charge in [0.05, 0.1) is 24.9 Å². The van der Waals surface area contributed by atoms with Gasteiger partial charge in [0.2, 0.25) is 0 Å². The summed E-state index contributed by atoms with van der Waals surface area (Å²) >= 11 is 0. The third-order valence-electron chi connectivity index (χ3n) is 7.15. The van der Waals surface area contributed by atoms with Crippen LogP contribution >= 0.6 is 0 Å². The fourth-order valence-corrected chi connectivity index (χ4v) is 4.70. The van der Waals surface area contributed by atoms with Crippen molar-refractivity contribution in [2.24, 2.45) is 5.73 Å². The number of hydrogen-bond donors (Lipinski definition) is 4. The number of hydrogen-bond acceptors (Lipinski definition) is 4. The van der Waals surface area contributed by atoms with Crippen LogP contribution in [-0.2, 0) is 0 Å². The number of aliphatic hydroxyl groups is 3. The number of aliphatic hydroxyl groups excluding tert-OH is 3. The summed E-state index contributed by atoms with van der Waals surface area (Å²) in [5, 5.41) is 28.5. The van der Waals surface area contributed by atoms with Crippen molar-refractivity contribution in [2.75, 3.05) is 6.61 Å². The molecule has 0 fully saturated rings. The quantitative estimate of drug-likeness (QED) is 0.0939. The minimum Gasteiger partial charge on any atom is -0.395 e. The van der Waals surface area contributed by atoms with E-state index in [2.05, 4.69) is 6.92 Å². The predicted molar refractivity (Wildman–Crippen MR) is 144 cm³/mol. The van der Waals surface area contributed by atoms with Crippen molar-refractivity contribution in [3.8, 4) is 0 Å². The number of unbranched alkanes of at least 4 members (excludes halogenated alkanes) is 22. The summed E-state index contributed by atoms with van der Waals surface area (Å²) in [7, 11) is 0. The van der Waals surface area contributed by atoms with Gasteiger partial charge in [-0.25, -0.2) is 0 Å². The molecule has 0 aliphatic heterocycles. The molecule has 0 bridgehead atoms. The summed E-state index contributed by atoms with van der Waals surface area (Å²) in [5.74, 6) is 0. The van der Waals surface area contributed by atoms with Crippen molar-refractivity contribution >= 4 is 0 Å². The zero-order chi connectivity index (χ0) is 24.4. The van der Waals surface area contributed by atoms with Crippen molar-refractivity contribution in [1.82, 2.24) is 0 Å². The first-order chi connectivity index (χ1) is 16.1. The molecule has 0 amide bonds. The van der Waals surface area contributed by atoms with Crippen LogP contribution in [0.25, 0.3) is 0 Å². The van der Waals surface area contributed by atoms with Gasteiger partial charge in [0.15, 0.2) is 0 Å². The Kier molecular flexibility index (Phi) is 26.3. The van der Waals surface area contributed by atoms with Gasteiger partial charge in [-0.05, 0) is 6.42 Å². The fraction of sp³-hybridized carbons (Fsp3) is 1.00. The number of nitrogens with two attached hydrogens (primary N) is 1. The summed E-state index contributed by atoms with van der Waals surface area (Å²) in [5.41, 5.74) is 5.55. The molecule has 200 valence electrons. The van der Waals surface area contributed by atoms with Gasteiger partial charge in [0.1, 0.15) is 0 Å². The van der Waals surface area contributed by atoms with E-state index in [1.54, 1.807) is 0 Å². The Labute approximate surface area is 207 Å². The minimum atomic E-state index is -1.02. The van der Waals surface area contributed by atoms with E-state index in [0.29, 0.717) is 6.42 Å². The Morgan fingerprint density at radius 2 is 0.758 bits per heavy atom. The Morgan fingerprint density at radius 1 is 0.485 bits per heavy atom. The smallest absolute Gasteiger partial charge is 0.0971 e. The van der Waals surface area contributed by atoms with E-state index in [9.17, 15) is 10.2 Å². The lowest BCUT2D eigenvalue weighted by molar-refractivity contribution is -0.0121. The second kappa shape index (κ2) is 26.4. The molecule has 4 nitrogen and oxygen atoms in total. The van der Waals surface area contributed by atoms with Crippen molar-refractivity contribution < 1.29 is 15.3 Å². The standard InChI is InChI=1S/C29H61NO3/c1-2-3-4-5-6-7-8-9-10-11-12-13-14-15-16-17-18-19-20-21-22-23-24-25-28(32)29(33)27(30)26-31/h27-29,31-33H,2-26,30H2,1H3. The molecule has 3 atom stereocenters. The van der Waals surface area contributed by atoms with Crippen LogP contribution in [0.3, 0.4) is 0 Å². The molecule has 33 heavy (non-hydrogen) atoms. The van der Waals surface area contributed by atoms with E-state index in [-0.39, 0.29) is 6.61 Å². The first kappa shape index (κ1) is 32.8. The highest BCUT2D eigenvalue weighted by Crippen LogP contribution is 2.16. The SMILES string of the molecule is CCCCCCCCCCCCCCCCCCCCCCCCCC(O)C(O)C(N)CO. The van der Waals surface area contributed by atoms with Gasteiger partial charge in [-0.3, -0.25) is 0 Å². The molecule has 0 saturated carbocycles. The van der Waals surface area contributed by atoms with Gasteiger partial charge in [-0.1, -0.05) is 155 Å². The van der Waals surface area contributed by atoms with E-state index in [0.717, 1.165) is 12.8 Å². The number of rotatable bonds is 27. The molecule has 0 spiro atoms. The molecule has 4 heteroatoms. The zero-order valence-corrected chi connectivity index (χ0v) is 22.3. The maximum atomic E-state index is 9.85. The Hall–Kier alpha value is -0.160. The average Bonchev–Trinajstić information content (AvgIpc) is 2.83. The molecular formula is C29H61NO3. The van der Waals surface area contributed by atoms with E-state index < -0.39 is 18.2 Å². The van der Waals surface area contributed by atoms with E-state index in [4.69, 9.17) is 10.8 Å². The maximum absolute atomic E-state index is 9.85. The van der Waals surface area contributed by atoms with Crippen LogP contribution in [0.15, 0.2) is 0 Å². The van der Waals surface area contributed by atoms with Crippen molar-refractivity contribution in [2.45, 2.75) is 179 Å². The Balaban J connectivity index is 3.14. The van der Waals surface area contributed by atoms with Crippen LogP contribution in [0.1, 0.15) is 161 Å². The minimum absolute atomic E-state index is 0.294. The molecule has 0 aliphatic carbocycles. The fourth-order valence-electron chi connectivity index (χ4n) is 4.70. The van der Waals surface area contributed by atoms with Gasteiger partial charge in [-0.15, -0.1) is 0 Å². The third-order valence-corrected chi connectivity index (χ3v) is 7.15. The molecule has 5 N–H and O–H groups in total. The summed E-state index contributed by atoms with van der Waals surface area (Å²) in [6, 6.07) is -0.746. The molecule has 0 aromatic heterocycles. The predicted octanol–water partition coefficient (Wildman–Crippen LogP) is 7.41. The van der Waals surface area contributed by atoms with Crippen LogP contribution in [0.2, 0.25) is 0 Å². The largest absolute Gasteiger partial charge is 0.395 e. The molecule has 0 aliphatic rings. The highest BCUT2D eigenvalue weighted by Gasteiger charge is 2.22. The van der Waals surface area contributed by atoms with Gasteiger partial charge in [0.25, 0.3) is 0 Å². The van der Waals surface area contributed by atoms with Crippen LogP contribution in [-0.4, -0.2) is 40.2 Å². The highest BCUT2D eigenvalue weighted by molar-refractivity contribution is 4.77. The normalized spacial score (nSPS) is 14.5. The molecule has 0 heterocycles. The molecule has 0 rings (SSSR count). The zero-order valence-electron chi connectivity index (χ0n) is 22.3. The van der Waals surface area contributed by atoms with Crippen LogP contribution in [0, 0.1) is 0 Å². The van der Waals surface area contributed by atoms with Gasteiger partial charge in [-0.2, -0.15) is 0 Å². The van der Waals surface area contributed by atoms with Crippen molar-refractivity contribution in [1.29, 1.82) is 0 Å². The maximum Gasteiger partial charge on any atom is 0.0971 e. The van der Waals surface area contributed by atoms with E-state index >= 15 is 0 Å². The third kappa shape index (κ3) is 23.4. The molecule has 0 saturated heterocycles. The topological polar surface area (TPSA) is 86.7 Å². The van der Waals surface area contributed by atoms with Gasteiger partial charge in [0, 0.05) is 0 Å². The summed E-state index contributed by atoms with van der Waals surface area (Å²) in [6.07, 6.45) is 30.2. The second-order valence-electron chi connectivity index (χ2n) is 10.5. The summed E-state index contributed by atoms with van der Waals surface area (Å²) in [6.45, 7) is 1.99. The first-order valence-corrected chi connectivity index (χ1v) is 14.9. The first-order valence-electron chi connectivity index (χ1n) is 14.9. The summed E-state index contributed by atoms with van der Waals surface area (Å²) < 4.78 is 0. The average molecular weight is 472 g/mol. The monoisotopic (exact) mass is 471 g/mol. The molecule has 0 radical (unpaired) electrons. The van der Waals surface area contributed by atoms with Crippen LogP contribution in [0.4, 0.5) is 0 Å². The lowest BCUT2D eigenvalue weighted by atomic mass is 10.00. The van der Waals surface area contributed by atoms with Crippen LogP contribution in [0.5, 0.6) is 0 Å². The Morgan fingerprint density at radius 3 is 1.03 bits per heavy atom. The van der Waals surface area contributed by atoms with Crippen molar-refractivity contribution in [3.63, 3.8) is 0 Å². The molecular weight excluding hydrogens is 410 g/mol.